The third-order valence-electron chi connectivity index (χ3n) is 10.1. The predicted octanol–water partition coefficient (Wildman–Crippen LogP) is 2.69. The second-order valence-corrected chi connectivity index (χ2v) is 13.9. The lowest BCUT2D eigenvalue weighted by Gasteiger charge is -2.48. The fraction of sp³-hybridized carbons (Fsp3) is 0.829. The van der Waals surface area contributed by atoms with Gasteiger partial charge < -0.3 is 33.9 Å². The van der Waals surface area contributed by atoms with Crippen LogP contribution in [-0.4, -0.2) is 113 Å². The number of likely N-dealkylation sites (N-methyl/N-ethyl adjacent to an activating group) is 1. The van der Waals surface area contributed by atoms with Crippen molar-refractivity contribution in [2.45, 2.75) is 142 Å². The van der Waals surface area contributed by atoms with E-state index in [-0.39, 0.29) is 30.8 Å². The van der Waals surface area contributed by atoms with Gasteiger partial charge in [0, 0.05) is 44.8 Å². The van der Waals surface area contributed by atoms with Crippen molar-refractivity contribution < 1.29 is 53.1 Å². The molecule has 0 aromatic rings. The highest BCUT2D eigenvalue weighted by Gasteiger charge is 2.52. The van der Waals surface area contributed by atoms with Gasteiger partial charge >= 0.3 is 11.9 Å². The van der Waals surface area contributed by atoms with Gasteiger partial charge in [0.05, 0.1) is 30.0 Å². The van der Waals surface area contributed by atoms with Gasteiger partial charge in [-0.2, -0.15) is 0 Å². The Morgan fingerprint density at radius 2 is 1.72 bits per heavy atom. The molecule has 2 aliphatic heterocycles. The zero-order chi connectivity index (χ0) is 36.0. The number of nitrogens with zero attached hydrogens (tertiary/aromatic N) is 1. The molecule has 0 saturated carbocycles. The number of aliphatic hydroxyl groups excluding tert-OH is 1. The third-order valence-corrected chi connectivity index (χ3v) is 10.1. The molecule has 0 unspecified atom stereocenters. The number of hydrogen-bond donors (Lipinski definition) is 2. The SMILES string of the molecule is C#CCCN(C)[C@H]1C[C@@H](C)O[C@@H](O[C@@H]2[C@@H](C)C(=O)[C@@H](C)C(=O)O[C@H](CC)[C@@](C)(O)[C@H](O)[C@@H](C)C(=O)[C@H](C)C[C@@]2(C)OC)[C@@H]1OC(C)=O. The number of esters is 2. The van der Waals surface area contributed by atoms with E-state index in [1.54, 1.807) is 27.7 Å². The fourth-order valence-corrected chi connectivity index (χ4v) is 7.07. The van der Waals surface area contributed by atoms with Crippen molar-refractivity contribution in [2.24, 2.45) is 23.7 Å². The van der Waals surface area contributed by atoms with E-state index in [9.17, 15) is 29.4 Å². The van der Waals surface area contributed by atoms with Gasteiger partial charge in [-0.05, 0) is 54.0 Å². The van der Waals surface area contributed by atoms with Crippen LogP contribution >= 0.6 is 0 Å². The second-order valence-electron chi connectivity index (χ2n) is 13.9. The van der Waals surface area contributed by atoms with Gasteiger partial charge in [-0.15, -0.1) is 12.3 Å². The quantitative estimate of drug-likeness (QED) is 0.222. The van der Waals surface area contributed by atoms with Crippen LogP contribution in [0.3, 0.4) is 0 Å². The van der Waals surface area contributed by atoms with Crippen LogP contribution in [0, 0.1) is 36.0 Å². The summed E-state index contributed by atoms with van der Waals surface area (Å²) < 4.78 is 30.4. The number of aliphatic hydroxyl groups is 2. The Morgan fingerprint density at radius 1 is 1.11 bits per heavy atom. The summed E-state index contributed by atoms with van der Waals surface area (Å²) in [4.78, 5) is 55.5. The number of carbonyl (C=O) groups is 4. The molecule has 2 saturated heterocycles. The molecule has 2 rings (SSSR count). The first-order valence-electron chi connectivity index (χ1n) is 16.6. The van der Waals surface area contributed by atoms with Crippen LogP contribution in [-0.2, 0) is 42.9 Å². The number of terminal acetylenes is 1. The Labute approximate surface area is 280 Å². The summed E-state index contributed by atoms with van der Waals surface area (Å²) in [6.07, 6.45) is 0.399. The molecule has 12 nitrogen and oxygen atoms in total. The van der Waals surface area contributed by atoms with Crippen molar-refractivity contribution in [1.82, 2.24) is 4.90 Å². The molecule has 2 N–H and O–H groups in total. The van der Waals surface area contributed by atoms with E-state index >= 15 is 0 Å². The monoisotopic (exact) mass is 667 g/mol. The van der Waals surface area contributed by atoms with E-state index in [0.29, 0.717) is 19.4 Å². The first-order valence-corrected chi connectivity index (χ1v) is 16.6. The molecule has 0 aliphatic carbocycles. The molecular weight excluding hydrogens is 610 g/mol. The van der Waals surface area contributed by atoms with E-state index in [0.717, 1.165) is 0 Å². The number of carbonyl (C=O) groups excluding carboxylic acids is 4. The second kappa shape index (κ2) is 16.8. The summed E-state index contributed by atoms with van der Waals surface area (Å²) in [5, 5.41) is 22.5. The molecule has 12 heteroatoms. The maximum atomic E-state index is 14.0. The molecule has 0 aromatic heterocycles. The van der Waals surface area contributed by atoms with Crippen molar-refractivity contribution in [3.8, 4) is 12.3 Å². The van der Waals surface area contributed by atoms with E-state index in [1.165, 1.54) is 34.8 Å². The lowest BCUT2D eigenvalue weighted by molar-refractivity contribution is -0.298. The van der Waals surface area contributed by atoms with Crippen molar-refractivity contribution in [3.05, 3.63) is 0 Å². The predicted molar refractivity (Wildman–Crippen MR) is 173 cm³/mol. The molecule has 13 atom stereocenters. The lowest BCUT2D eigenvalue weighted by Crippen LogP contribution is -2.61. The first kappa shape index (κ1) is 40.8. The third kappa shape index (κ3) is 9.40. The zero-order valence-corrected chi connectivity index (χ0v) is 30.0. The normalized spacial score (nSPS) is 41.1. The molecule has 0 spiro atoms. The summed E-state index contributed by atoms with van der Waals surface area (Å²) in [7, 11) is 3.31. The number of ether oxygens (including phenoxy) is 5. The number of Topliss-reactive ketones (excluding diaryl/α,β-unsaturated/α-hetero) is 2. The Balaban J connectivity index is 2.68. The molecule has 47 heavy (non-hydrogen) atoms. The van der Waals surface area contributed by atoms with Gasteiger partial charge in [-0.1, -0.05) is 27.7 Å². The number of ketones is 2. The smallest absolute Gasteiger partial charge is 0.316 e. The average molecular weight is 668 g/mol. The van der Waals surface area contributed by atoms with E-state index < -0.39 is 83.3 Å². The first-order chi connectivity index (χ1) is 21.8. The van der Waals surface area contributed by atoms with Gasteiger partial charge in [0.2, 0.25) is 0 Å². The number of cyclic esters (lactones) is 1. The maximum Gasteiger partial charge on any atom is 0.316 e. The lowest BCUT2D eigenvalue weighted by atomic mass is 9.74. The minimum atomic E-state index is -1.97. The number of methoxy groups -OCH3 is 1. The zero-order valence-electron chi connectivity index (χ0n) is 30.0. The molecule has 0 aromatic carbocycles. The highest BCUT2D eigenvalue weighted by atomic mass is 16.7. The van der Waals surface area contributed by atoms with Gasteiger partial charge in [-0.3, -0.25) is 24.1 Å². The van der Waals surface area contributed by atoms with Crippen LogP contribution in [0.4, 0.5) is 0 Å². The van der Waals surface area contributed by atoms with Crippen LogP contribution in [0.2, 0.25) is 0 Å². The van der Waals surface area contributed by atoms with Crippen molar-refractivity contribution in [3.63, 3.8) is 0 Å². The summed E-state index contributed by atoms with van der Waals surface area (Å²) in [6.45, 7) is 14.6. The molecular formula is C35H57NO11. The Bertz CT molecular complexity index is 1150. The Kier molecular flexibility index (Phi) is 14.6. The van der Waals surface area contributed by atoms with Crippen LogP contribution in [0.15, 0.2) is 0 Å². The summed E-state index contributed by atoms with van der Waals surface area (Å²) in [5.41, 5.74) is -3.30. The van der Waals surface area contributed by atoms with Crippen LogP contribution in [0.5, 0.6) is 0 Å². The van der Waals surface area contributed by atoms with E-state index in [4.69, 9.17) is 30.1 Å². The molecule has 2 aliphatic rings. The molecule has 2 fully saturated rings. The maximum absolute atomic E-state index is 14.0. The van der Waals surface area contributed by atoms with Crippen molar-refractivity contribution in [2.75, 3.05) is 20.7 Å². The average Bonchev–Trinajstić information content (AvgIpc) is 3.02. The van der Waals surface area contributed by atoms with Crippen LogP contribution < -0.4 is 0 Å². The molecule has 2 heterocycles. The van der Waals surface area contributed by atoms with Crippen LogP contribution in [0.25, 0.3) is 0 Å². The largest absolute Gasteiger partial charge is 0.459 e. The van der Waals surface area contributed by atoms with Gasteiger partial charge in [0.1, 0.15) is 23.4 Å². The Hall–Kier alpha value is -2.40. The minimum Gasteiger partial charge on any atom is -0.459 e. The van der Waals surface area contributed by atoms with Gasteiger partial charge in [0.15, 0.2) is 18.2 Å². The van der Waals surface area contributed by atoms with Gasteiger partial charge in [0.25, 0.3) is 0 Å². The van der Waals surface area contributed by atoms with E-state index in [2.05, 4.69) is 5.92 Å². The molecule has 268 valence electrons. The summed E-state index contributed by atoms with van der Waals surface area (Å²) >= 11 is 0. The van der Waals surface area contributed by atoms with Crippen molar-refractivity contribution in [1.29, 1.82) is 0 Å². The summed E-state index contributed by atoms with van der Waals surface area (Å²) in [6, 6.07) is -0.338. The molecule has 0 bridgehead atoms. The van der Waals surface area contributed by atoms with Crippen LogP contribution in [0.1, 0.15) is 88.0 Å². The molecule has 0 amide bonds. The van der Waals surface area contributed by atoms with E-state index in [1.807, 2.05) is 18.9 Å². The summed E-state index contributed by atoms with van der Waals surface area (Å²) in [5.74, 6) is -3.76. The topological polar surface area (TPSA) is 158 Å². The van der Waals surface area contributed by atoms with Gasteiger partial charge in [-0.25, -0.2) is 0 Å². The number of rotatable bonds is 8. The Morgan fingerprint density at radius 3 is 2.26 bits per heavy atom. The standard InChI is InChI=1S/C35H57NO11/c1-13-15-16-36(11)25-17-20(4)44-33(29(25)45-24(8)37)47-31-22(6)28(39)23(7)32(41)46-26(14-2)35(10,42)30(40)21(5)27(38)19(3)18-34(31,9)43-12/h1,19-23,25-26,29-31,33,40,42H,14-18H2,2-12H3/t19-,20-,21+,22+,23-,25+,26-,29-,30-,31-,33+,34-,35-/m1/s1. The highest BCUT2D eigenvalue weighted by molar-refractivity contribution is 6.00. The number of hydrogen-bond acceptors (Lipinski definition) is 12. The van der Waals surface area contributed by atoms with Crippen molar-refractivity contribution >= 4 is 23.5 Å². The fourth-order valence-electron chi connectivity index (χ4n) is 7.07. The minimum absolute atomic E-state index is 0.0475. The highest BCUT2D eigenvalue weighted by Crippen LogP contribution is 2.38. The molecule has 0 radical (unpaired) electrons.